The predicted octanol–water partition coefficient (Wildman–Crippen LogP) is 3.82. The molecule has 0 aliphatic heterocycles. The molecule has 2 aromatic carbocycles. The maximum atomic E-state index is 6.19. The number of rotatable bonds is 6. The molecule has 0 amide bonds. The first-order valence-electron chi connectivity index (χ1n) is 6.47. The van der Waals surface area contributed by atoms with Crippen molar-refractivity contribution in [2.75, 3.05) is 13.7 Å². The highest BCUT2D eigenvalue weighted by molar-refractivity contribution is 6.30. The minimum Gasteiger partial charge on any atom is -0.496 e. The van der Waals surface area contributed by atoms with Gasteiger partial charge in [-0.3, -0.25) is 0 Å². The maximum Gasteiger partial charge on any atom is 0.123 e. The molecule has 0 aromatic heterocycles. The van der Waals surface area contributed by atoms with Gasteiger partial charge in [-0.05, 0) is 30.3 Å². The van der Waals surface area contributed by atoms with Crippen LogP contribution in [0.15, 0.2) is 48.5 Å². The molecule has 3 nitrogen and oxygen atoms in total. The summed E-state index contributed by atoms with van der Waals surface area (Å²) in [4.78, 5) is 0. The zero-order valence-electron chi connectivity index (χ0n) is 11.4. The molecule has 2 aromatic rings. The van der Waals surface area contributed by atoms with Crippen LogP contribution in [0.1, 0.15) is 18.0 Å². The molecule has 0 bridgehead atoms. The number of halogens is 1. The summed E-state index contributed by atoms with van der Waals surface area (Å²) < 4.78 is 11.0. The maximum absolute atomic E-state index is 6.19. The molecule has 0 spiro atoms. The fourth-order valence-corrected chi connectivity index (χ4v) is 2.15. The van der Waals surface area contributed by atoms with Crippen molar-refractivity contribution in [3.8, 4) is 11.5 Å². The predicted molar refractivity (Wildman–Crippen MR) is 81.5 cm³/mol. The lowest BCUT2D eigenvalue weighted by atomic mass is 10.0. The van der Waals surface area contributed by atoms with Crippen molar-refractivity contribution in [2.24, 2.45) is 5.73 Å². The van der Waals surface area contributed by atoms with Gasteiger partial charge in [0.1, 0.15) is 11.5 Å². The molecule has 106 valence electrons. The smallest absolute Gasteiger partial charge is 0.123 e. The normalized spacial score (nSPS) is 11.9. The van der Waals surface area contributed by atoms with E-state index in [1.54, 1.807) is 13.2 Å². The molecule has 1 atom stereocenters. The molecule has 0 saturated carbocycles. The minimum atomic E-state index is -0.174. The van der Waals surface area contributed by atoms with Gasteiger partial charge in [0, 0.05) is 23.0 Å². The molecule has 0 fully saturated rings. The minimum absolute atomic E-state index is 0.174. The molecule has 0 heterocycles. The molecule has 1 unspecified atom stereocenters. The van der Waals surface area contributed by atoms with Crippen molar-refractivity contribution in [3.63, 3.8) is 0 Å². The highest BCUT2D eigenvalue weighted by atomic mass is 35.5. The third kappa shape index (κ3) is 3.89. The Morgan fingerprint density at radius 1 is 1.15 bits per heavy atom. The van der Waals surface area contributed by atoms with E-state index in [2.05, 4.69) is 0 Å². The van der Waals surface area contributed by atoms with Crippen molar-refractivity contribution >= 4 is 11.6 Å². The zero-order chi connectivity index (χ0) is 14.4. The number of hydrogen-bond acceptors (Lipinski definition) is 3. The average Bonchev–Trinajstić information content (AvgIpc) is 2.48. The molecule has 4 heteroatoms. The standard InChI is InChI=1S/C16H18ClNO2/c1-19-16-8-7-12(17)11-14(16)15(18)9-10-20-13-5-3-2-4-6-13/h2-8,11,15H,9-10,18H2,1H3. The summed E-state index contributed by atoms with van der Waals surface area (Å²) in [5, 5.41) is 0.653. The Hall–Kier alpha value is -1.71. The van der Waals surface area contributed by atoms with E-state index in [0.29, 0.717) is 18.1 Å². The van der Waals surface area contributed by atoms with Crippen molar-refractivity contribution in [3.05, 3.63) is 59.1 Å². The Bertz CT molecular complexity index is 545. The SMILES string of the molecule is COc1ccc(Cl)cc1C(N)CCOc1ccccc1. The summed E-state index contributed by atoms with van der Waals surface area (Å²) in [5.74, 6) is 1.60. The Morgan fingerprint density at radius 3 is 2.60 bits per heavy atom. The van der Waals surface area contributed by atoms with Gasteiger partial charge in [0.25, 0.3) is 0 Å². The van der Waals surface area contributed by atoms with Crippen LogP contribution in [-0.4, -0.2) is 13.7 Å². The summed E-state index contributed by atoms with van der Waals surface area (Å²) in [5.41, 5.74) is 7.09. The first kappa shape index (κ1) is 14.7. The lowest BCUT2D eigenvalue weighted by Gasteiger charge is -2.16. The monoisotopic (exact) mass is 291 g/mol. The molecule has 2 rings (SSSR count). The van der Waals surface area contributed by atoms with Gasteiger partial charge < -0.3 is 15.2 Å². The highest BCUT2D eigenvalue weighted by Gasteiger charge is 2.12. The fourth-order valence-electron chi connectivity index (χ4n) is 1.97. The number of para-hydroxylation sites is 1. The Labute approximate surface area is 124 Å². The Kier molecular flexibility index (Phi) is 5.27. The van der Waals surface area contributed by atoms with Gasteiger partial charge in [-0.25, -0.2) is 0 Å². The van der Waals surface area contributed by atoms with Crippen LogP contribution in [0.2, 0.25) is 5.02 Å². The van der Waals surface area contributed by atoms with Gasteiger partial charge in [-0.1, -0.05) is 29.8 Å². The van der Waals surface area contributed by atoms with E-state index in [-0.39, 0.29) is 6.04 Å². The van der Waals surface area contributed by atoms with Crippen LogP contribution in [0.5, 0.6) is 11.5 Å². The first-order valence-corrected chi connectivity index (χ1v) is 6.85. The molecular weight excluding hydrogens is 274 g/mol. The zero-order valence-corrected chi connectivity index (χ0v) is 12.1. The van der Waals surface area contributed by atoms with Gasteiger partial charge in [0.2, 0.25) is 0 Å². The number of methoxy groups -OCH3 is 1. The molecule has 20 heavy (non-hydrogen) atoms. The fraction of sp³-hybridized carbons (Fsp3) is 0.250. The van der Waals surface area contributed by atoms with Crippen LogP contribution in [0.4, 0.5) is 0 Å². The van der Waals surface area contributed by atoms with E-state index in [9.17, 15) is 0 Å². The van der Waals surface area contributed by atoms with E-state index in [0.717, 1.165) is 17.1 Å². The molecule has 0 radical (unpaired) electrons. The summed E-state index contributed by atoms with van der Waals surface area (Å²) in [6, 6.07) is 15.0. The van der Waals surface area contributed by atoms with Gasteiger partial charge in [-0.15, -0.1) is 0 Å². The summed E-state index contributed by atoms with van der Waals surface area (Å²) in [6.07, 6.45) is 0.686. The van der Waals surface area contributed by atoms with Crippen LogP contribution >= 0.6 is 11.6 Å². The second-order valence-corrected chi connectivity index (χ2v) is 4.88. The van der Waals surface area contributed by atoms with Crippen molar-refractivity contribution < 1.29 is 9.47 Å². The van der Waals surface area contributed by atoms with Crippen LogP contribution < -0.4 is 15.2 Å². The van der Waals surface area contributed by atoms with Gasteiger partial charge in [0.05, 0.1) is 13.7 Å². The van der Waals surface area contributed by atoms with E-state index < -0.39 is 0 Å². The van der Waals surface area contributed by atoms with Crippen molar-refractivity contribution in [2.45, 2.75) is 12.5 Å². The summed E-state index contributed by atoms with van der Waals surface area (Å²) in [6.45, 7) is 0.543. The molecular formula is C16H18ClNO2. The van der Waals surface area contributed by atoms with Crippen molar-refractivity contribution in [1.29, 1.82) is 0 Å². The van der Waals surface area contributed by atoms with Crippen molar-refractivity contribution in [1.82, 2.24) is 0 Å². The third-order valence-corrected chi connectivity index (χ3v) is 3.27. The van der Waals surface area contributed by atoms with Gasteiger partial charge >= 0.3 is 0 Å². The molecule has 0 saturated heterocycles. The second-order valence-electron chi connectivity index (χ2n) is 4.44. The largest absolute Gasteiger partial charge is 0.496 e. The first-order chi connectivity index (χ1) is 9.70. The van der Waals surface area contributed by atoms with Crippen LogP contribution in [0.3, 0.4) is 0 Å². The highest BCUT2D eigenvalue weighted by Crippen LogP contribution is 2.28. The Morgan fingerprint density at radius 2 is 1.90 bits per heavy atom. The number of ether oxygens (including phenoxy) is 2. The molecule has 0 aliphatic carbocycles. The number of nitrogens with two attached hydrogens (primary N) is 1. The lowest BCUT2D eigenvalue weighted by molar-refractivity contribution is 0.296. The van der Waals surface area contributed by atoms with E-state index in [4.69, 9.17) is 26.8 Å². The van der Waals surface area contributed by atoms with E-state index >= 15 is 0 Å². The van der Waals surface area contributed by atoms with E-state index in [1.807, 2.05) is 42.5 Å². The lowest BCUT2D eigenvalue weighted by Crippen LogP contribution is -2.15. The van der Waals surface area contributed by atoms with Gasteiger partial charge in [0.15, 0.2) is 0 Å². The second kappa shape index (κ2) is 7.17. The van der Waals surface area contributed by atoms with E-state index in [1.165, 1.54) is 0 Å². The number of benzene rings is 2. The number of hydrogen-bond donors (Lipinski definition) is 1. The summed E-state index contributed by atoms with van der Waals surface area (Å²) >= 11 is 6.01. The molecule has 0 aliphatic rings. The average molecular weight is 292 g/mol. The molecule has 2 N–H and O–H groups in total. The van der Waals surface area contributed by atoms with Crippen LogP contribution in [0, 0.1) is 0 Å². The summed E-state index contributed by atoms with van der Waals surface area (Å²) in [7, 11) is 1.62. The van der Waals surface area contributed by atoms with Gasteiger partial charge in [-0.2, -0.15) is 0 Å². The Balaban J connectivity index is 1.95. The quantitative estimate of drug-likeness (QED) is 0.880. The van der Waals surface area contributed by atoms with Crippen LogP contribution in [-0.2, 0) is 0 Å². The topological polar surface area (TPSA) is 44.5 Å². The third-order valence-electron chi connectivity index (χ3n) is 3.03. The van der Waals surface area contributed by atoms with Crippen LogP contribution in [0.25, 0.3) is 0 Å².